The van der Waals surface area contributed by atoms with Gasteiger partial charge >= 0.3 is 0 Å². The summed E-state index contributed by atoms with van der Waals surface area (Å²) in [6.07, 6.45) is 2.90. The van der Waals surface area contributed by atoms with Crippen LogP contribution in [0.2, 0.25) is 5.15 Å². The van der Waals surface area contributed by atoms with Gasteiger partial charge in [-0.3, -0.25) is 0 Å². The predicted molar refractivity (Wildman–Crippen MR) is 92.3 cm³/mol. The molecule has 23 heavy (non-hydrogen) atoms. The monoisotopic (exact) mass is 333 g/mol. The minimum absolute atomic E-state index is 0.0888. The third-order valence-corrected chi connectivity index (χ3v) is 4.32. The summed E-state index contributed by atoms with van der Waals surface area (Å²) in [5.74, 6) is 0.793. The molecule has 0 radical (unpaired) electrons. The number of hydrogen-bond donors (Lipinski definition) is 0. The van der Waals surface area contributed by atoms with Gasteiger partial charge in [0, 0.05) is 22.9 Å². The Balaban J connectivity index is 2.40. The number of hydrogen-bond acceptors (Lipinski definition) is 4. The Morgan fingerprint density at radius 1 is 1.30 bits per heavy atom. The highest BCUT2D eigenvalue weighted by Crippen LogP contribution is 2.40. The summed E-state index contributed by atoms with van der Waals surface area (Å²) >= 11 is 6.31. The molecule has 1 atom stereocenters. The summed E-state index contributed by atoms with van der Waals surface area (Å²) in [4.78, 5) is 6.21. The van der Waals surface area contributed by atoms with Crippen LogP contribution in [0.3, 0.4) is 0 Å². The second-order valence-corrected chi connectivity index (χ2v) is 8.37. The van der Waals surface area contributed by atoms with Crippen molar-refractivity contribution in [2.24, 2.45) is 10.4 Å². The van der Waals surface area contributed by atoms with Crippen LogP contribution in [-0.4, -0.2) is 27.5 Å². The largest absolute Gasteiger partial charge is 0.352 e. The zero-order valence-corrected chi connectivity index (χ0v) is 15.4. The van der Waals surface area contributed by atoms with Crippen molar-refractivity contribution in [2.45, 2.75) is 59.4 Å². The first-order chi connectivity index (χ1) is 10.6. The van der Waals surface area contributed by atoms with Crippen LogP contribution in [0.25, 0.3) is 0 Å². The van der Waals surface area contributed by atoms with E-state index in [-0.39, 0.29) is 16.9 Å². The van der Waals surface area contributed by atoms with Crippen LogP contribution in [0.5, 0.6) is 0 Å². The Hall–Kier alpha value is -1.67. The smallest absolute Gasteiger partial charge is 0.207 e. The van der Waals surface area contributed by atoms with E-state index in [1.54, 1.807) is 0 Å². The van der Waals surface area contributed by atoms with Gasteiger partial charge < -0.3 is 4.90 Å². The molecule has 0 bridgehead atoms. The summed E-state index contributed by atoms with van der Waals surface area (Å²) in [5, 5.41) is 17.8. The third-order valence-electron chi connectivity index (χ3n) is 4.02. The van der Waals surface area contributed by atoms with E-state index in [9.17, 15) is 0 Å². The van der Waals surface area contributed by atoms with E-state index in [4.69, 9.17) is 16.9 Å². The number of likely N-dealkylation sites (tertiary alicyclic amines) is 1. The molecule has 1 fully saturated rings. The fourth-order valence-electron chi connectivity index (χ4n) is 2.67. The number of nitriles is 1. The van der Waals surface area contributed by atoms with Crippen LogP contribution in [0.4, 0.5) is 0 Å². The van der Waals surface area contributed by atoms with Gasteiger partial charge in [0.15, 0.2) is 5.15 Å². The summed E-state index contributed by atoms with van der Waals surface area (Å²) in [6.45, 7) is 13.4. The second kappa shape index (κ2) is 6.09. The molecule has 1 unspecified atom stereocenters. The van der Waals surface area contributed by atoms with Crippen LogP contribution in [0.1, 0.15) is 65.3 Å². The van der Waals surface area contributed by atoms with E-state index in [2.05, 4.69) is 61.6 Å². The Labute approximate surface area is 143 Å². The predicted octanol–water partition coefficient (Wildman–Crippen LogP) is 4.10. The van der Waals surface area contributed by atoms with E-state index in [0.717, 1.165) is 30.1 Å². The van der Waals surface area contributed by atoms with E-state index in [1.165, 1.54) is 0 Å². The maximum absolute atomic E-state index is 9.02. The van der Waals surface area contributed by atoms with Gasteiger partial charge in [-0.25, -0.2) is 0 Å². The van der Waals surface area contributed by atoms with E-state index in [0.29, 0.717) is 5.15 Å². The fourth-order valence-corrected chi connectivity index (χ4v) is 2.88. The quantitative estimate of drug-likeness (QED) is 0.441. The first kappa shape index (κ1) is 17.7. The summed E-state index contributed by atoms with van der Waals surface area (Å²) < 4.78 is 0. The molecule has 0 N–H and O–H groups in total. The first-order valence-corrected chi connectivity index (χ1v) is 8.21. The lowest BCUT2D eigenvalue weighted by molar-refractivity contribution is 0.170. The van der Waals surface area contributed by atoms with Gasteiger partial charge in [0.1, 0.15) is 5.84 Å². The SMILES string of the molecule is CC(C)(C)/C(=N/C#N)N1CCC1c1cc(C(C)(C)C)nnc1Cl. The molecule has 5 nitrogen and oxygen atoms in total. The minimum Gasteiger partial charge on any atom is -0.352 e. The summed E-state index contributed by atoms with van der Waals surface area (Å²) in [5.41, 5.74) is 1.59. The maximum atomic E-state index is 9.02. The van der Waals surface area contributed by atoms with E-state index < -0.39 is 0 Å². The molecule has 1 aliphatic rings. The average molecular weight is 334 g/mol. The van der Waals surface area contributed by atoms with Crippen molar-refractivity contribution in [3.05, 3.63) is 22.5 Å². The molecule has 6 heteroatoms. The van der Waals surface area contributed by atoms with Crippen LogP contribution in [-0.2, 0) is 5.41 Å². The van der Waals surface area contributed by atoms with Crippen molar-refractivity contribution in [3.63, 3.8) is 0 Å². The highest BCUT2D eigenvalue weighted by Gasteiger charge is 2.38. The molecule has 0 aliphatic carbocycles. The summed E-state index contributed by atoms with van der Waals surface area (Å²) in [7, 11) is 0. The summed E-state index contributed by atoms with van der Waals surface area (Å²) in [6, 6.07) is 2.14. The lowest BCUT2D eigenvalue weighted by atomic mass is 9.86. The molecule has 124 valence electrons. The molecule has 0 spiro atoms. The lowest BCUT2D eigenvalue weighted by Crippen LogP contribution is -2.50. The molecule has 1 aromatic rings. The number of aromatic nitrogens is 2. The molecular weight excluding hydrogens is 310 g/mol. The molecule has 1 saturated heterocycles. The van der Waals surface area contributed by atoms with Gasteiger partial charge in [-0.15, -0.1) is 5.10 Å². The zero-order valence-electron chi connectivity index (χ0n) is 14.7. The molecule has 0 saturated carbocycles. The van der Waals surface area contributed by atoms with E-state index in [1.807, 2.05) is 12.3 Å². The third kappa shape index (κ3) is 3.64. The lowest BCUT2D eigenvalue weighted by Gasteiger charge is -2.46. The second-order valence-electron chi connectivity index (χ2n) is 8.01. The van der Waals surface area contributed by atoms with Crippen molar-refractivity contribution >= 4 is 17.4 Å². The molecule has 0 aromatic carbocycles. The average Bonchev–Trinajstić information content (AvgIpc) is 2.37. The van der Waals surface area contributed by atoms with Crippen LogP contribution < -0.4 is 0 Å². The molecule has 2 rings (SSSR count). The van der Waals surface area contributed by atoms with Gasteiger partial charge in [0.05, 0.1) is 11.7 Å². The minimum atomic E-state index is -0.200. The van der Waals surface area contributed by atoms with Crippen molar-refractivity contribution in [2.75, 3.05) is 6.54 Å². The molecule has 0 amide bonds. The van der Waals surface area contributed by atoms with Crippen molar-refractivity contribution in [1.82, 2.24) is 15.1 Å². The van der Waals surface area contributed by atoms with Crippen LogP contribution in [0, 0.1) is 16.9 Å². The van der Waals surface area contributed by atoms with Gasteiger partial charge in [-0.2, -0.15) is 15.4 Å². The molecule has 2 heterocycles. The van der Waals surface area contributed by atoms with Gasteiger partial charge in [-0.1, -0.05) is 53.1 Å². The molecular formula is C17H24ClN5. The van der Waals surface area contributed by atoms with Crippen LogP contribution >= 0.6 is 11.6 Å². The fraction of sp³-hybridized carbons (Fsp3) is 0.647. The standard InChI is InChI=1S/C17H24ClN5/c1-16(2,3)13-9-11(14(18)22-21-13)12-7-8-23(12)15(20-10-19)17(4,5)6/h9,12H,7-8H2,1-6H3/b20-15-. The Morgan fingerprint density at radius 3 is 2.39 bits per heavy atom. The highest BCUT2D eigenvalue weighted by molar-refractivity contribution is 6.30. The number of halogens is 1. The first-order valence-electron chi connectivity index (χ1n) is 7.83. The van der Waals surface area contributed by atoms with Crippen molar-refractivity contribution in [1.29, 1.82) is 5.26 Å². The molecule has 1 aromatic heterocycles. The maximum Gasteiger partial charge on any atom is 0.207 e. The molecule has 1 aliphatic heterocycles. The number of amidine groups is 1. The van der Waals surface area contributed by atoms with Gasteiger partial charge in [-0.05, 0) is 12.5 Å². The highest BCUT2D eigenvalue weighted by atomic mass is 35.5. The van der Waals surface area contributed by atoms with Gasteiger partial charge in [0.25, 0.3) is 0 Å². The van der Waals surface area contributed by atoms with Crippen LogP contribution in [0.15, 0.2) is 11.1 Å². The van der Waals surface area contributed by atoms with Gasteiger partial charge in [0.2, 0.25) is 6.19 Å². The van der Waals surface area contributed by atoms with Crippen molar-refractivity contribution < 1.29 is 0 Å². The number of rotatable bonds is 1. The zero-order chi connectivity index (χ0) is 17.4. The number of nitrogens with zero attached hydrogens (tertiary/aromatic N) is 5. The van der Waals surface area contributed by atoms with E-state index >= 15 is 0 Å². The normalized spacial score (nSPS) is 19.3. The Bertz CT molecular complexity index is 661. The Morgan fingerprint density at radius 2 is 1.96 bits per heavy atom. The van der Waals surface area contributed by atoms with Crippen molar-refractivity contribution in [3.8, 4) is 6.19 Å². The topological polar surface area (TPSA) is 65.2 Å². The number of aliphatic imine (C=N–C) groups is 1. The Kier molecular flexibility index (Phi) is 4.68.